The zero-order valence-electron chi connectivity index (χ0n) is 9.69. The summed E-state index contributed by atoms with van der Waals surface area (Å²) in [5.74, 6) is -0.375. The molecule has 10 heteroatoms. The van der Waals surface area contributed by atoms with Crippen molar-refractivity contribution in [2.75, 3.05) is 12.4 Å². The third-order valence-electron chi connectivity index (χ3n) is 2.05. The van der Waals surface area contributed by atoms with Gasteiger partial charge in [-0.3, -0.25) is 0 Å². The van der Waals surface area contributed by atoms with Gasteiger partial charge in [-0.2, -0.15) is 33.6 Å². The Kier molecular flexibility index (Phi) is 3.49. The number of ether oxygens (including phenoxy) is 1. The molecule has 0 saturated carbocycles. The van der Waals surface area contributed by atoms with E-state index < -0.39 is 11.9 Å². The molecule has 0 aromatic carbocycles. The molecule has 2 heterocycles. The van der Waals surface area contributed by atoms with Crippen molar-refractivity contribution in [1.29, 1.82) is 0 Å². The van der Waals surface area contributed by atoms with Gasteiger partial charge in [0, 0.05) is 13.1 Å². The smallest absolute Gasteiger partial charge is 0.433 e. The topological polar surface area (TPSA) is 88.6 Å². The van der Waals surface area contributed by atoms with E-state index in [0.717, 1.165) is 6.07 Å². The summed E-state index contributed by atoms with van der Waals surface area (Å²) in [5.41, 5.74) is -0.639. The maximum atomic E-state index is 12.6. The molecule has 0 bridgehead atoms. The number of rotatable bonds is 4. The normalized spacial score (nSPS) is 11.4. The summed E-state index contributed by atoms with van der Waals surface area (Å²) in [6.45, 7) is -0.0477. The number of halogens is 3. The Hall–Kier alpha value is -2.39. The van der Waals surface area contributed by atoms with Gasteiger partial charge in [0.1, 0.15) is 12.3 Å². The zero-order chi connectivity index (χ0) is 13.9. The van der Waals surface area contributed by atoms with Gasteiger partial charge >= 0.3 is 6.18 Å². The molecule has 0 spiro atoms. The Morgan fingerprint density at radius 1 is 1.37 bits per heavy atom. The molecule has 2 N–H and O–H groups in total. The van der Waals surface area contributed by atoms with Crippen molar-refractivity contribution >= 4 is 5.95 Å². The molecular weight excluding hydrogens is 265 g/mol. The predicted octanol–water partition coefficient (Wildman–Crippen LogP) is 1.23. The Bertz CT molecular complexity index is 541. The van der Waals surface area contributed by atoms with Crippen LogP contribution in [0, 0.1) is 0 Å². The molecule has 0 aliphatic carbocycles. The SMILES string of the molecule is CNc1nc(OCc2cn[nH]n2)cc(C(F)(F)F)n1. The molecule has 0 aliphatic rings. The number of alkyl halides is 3. The van der Waals surface area contributed by atoms with E-state index in [0.29, 0.717) is 5.69 Å². The first-order chi connectivity index (χ1) is 8.99. The van der Waals surface area contributed by atoms with Crippen molar-refractivity contribution in [3.63, 3.8) is 0 Å². The van der Waals surface area contributed by atoms with Crippen LogP contribution in [0.3, 0.4) is 0 Å². The number of hydrogen-bond donors (Lipinski definition) is 2. The van der Waals surface area contributed by atoms with Crippen LogP contribution in [0.2, 0.25) is 0 Å². The van der Waals surface area contributed by atoms with Crippen molar-refractivity contribution in [3.05, 3.63) is 23.7 Å². The van der Waals surface area contributed by atoms with Crippen LogP contribution in [0.15, 0.2) is 12.3 Å². The van der Waals surface area contributed by atoms with Gasteiger partial charge in [-0.1, -0.05) is 0 Å². The van der Waals surface area contributed by atoms with E-state index in [1.165, 1.54) is 13.2 Å². The highest BCUT2D eigenvalue weighted by Crippen LogP contribution is 2.30. The van der Waals surface area contributed by atoms with Crippen LogP contribution in [0.25, 0.3) is 0 Å². The third kappa shape index (κ3) is 3.30. The Morgan fingerprint density at radius 3 is 2.74 bits per heavy atom. The number of aromatic nitrogens is 5. The second kappa shape index (κ2) is 5.08. The van der Waals surface area contributed by atoms with Gasteiger partial charge < -0.3 is 10.1 Å². The maximum absolute atomic E-state index is 12.6. The fourth-order valence-corrected chi connectivity index (χ4v) is 1.20. The summed E-state index contributed by atoms with van der Waals surface area (Å²) in [6, 6.07) is 0.723. The molecule has 0 atom stereocenters. The maximum Gasteiger partial charge on any atom is 0.433 e. The summed E-state index contributed by atoms with van der Waals surface area (Å²) in [5, 5.41) is 12.0. The van der Waals surface area contributed by atoms with E-state index in [1.807, 2.05) is 0 Å². The van der Waals surface area contributed by atoms with Gasteiger partial charge in [0.25, 0.3) is 0 Å². The zero-order valence-corrected chi connectivity index (χ0v) is 9.69. The van der Waals surface area contributed by atoms with Gasteiger partial charge in [0.05, 0.1) is 6.20 Å². The van der Waals surface area contributed by atoms with E-state index in [-0.39, 0.29) is 18.4 Å². The minimum atomic E-state index is -4.57. The number of nitrogens with zero attached hydrogens (tertiary/aromatic N) is 4. The van der Waals surface area contributed by atoms with Gasteiger partial charge in [0.15, 0.2) is 5.69 Å². The second-order valence-corrected chi connectivity index (χ2v) is 3.41. The van der Waals surface area contributed by atoms with Gasteiger partial charge in [-0.25, -0.2) is 4.98 Å². The Morgan fingerprint density at radius 2 is 2.16 bits per heavy atom. The minimum absolute atomic E-state index is 0.0477. The van der Waals surface area contributed by atoms with Crippen LogP contribution >= 0.6 is 0 Å². The van der Waals surface area contributed by atoms with Crippen molar-refractivity contribution in [2.24, 2.45) is 0 Å². The standard InChI is InChI=1S/C9H9F3N6O/c1-13-8-15-6(9(10,11)12)2-7(16-8)19-4-5-3-14-18-17-5/h2-3H,4H2,1H3,(H,13,15,16)(H,14,17,18). The number of nitrogens with one attached hydrogen (secondary N) is 2. The van der Waals surface area contributed by atoms with Crippen molar-refractivity contribution in [3.8, 4) is 5.88 Å². The van der Waals surface area contributed by atoms with Gasteiger partial charge in [-0.15, -0.1) is 0 Å². The van der Waals surface area contributed by atoms with Crippen molar-refractivity contribution in [1.82, 2.24) is 25.4 Å². The lowest BCUT2D eigenvalue weighted by Gasteiger charge is -2.10. The first kappa shape index (κ1) is 13.1. The second-order valence-electron chi connectivity index (χ2n) is 3.41. The molecule has 0 fully saturated rings. The lowest BCUT2D eigenvalue weighted by Crippen LogP contribution is -2.12. The van der Waals surface area contributed by atoms with E-state index in [2.05, 4.69) is 30.7 Å². The molecule has 0 unspecified atom stereocenters. The fraction of sp³-hybridized carbons (Fsp3) is 0.333. The van der Waals surface area contributed by atoms with Crippen molar-refractivity contribution in [2.45, 2.75) is 12.8 Å². The molecule has 0 saturated heterocycles. The summed E-state index contributed by atoms with van der Waals surface area (Å²) in [4.78, 5) is 7.07. The average molecular weight is 274 g/mol. The van der Waals surface area contributed by atoms with Crippen LogP contribution in [-0.4, -0.2) is 32.4 Å². The summed E-state index contributed by atoms with van der Waals surface area (Å²) in [7, 11) is 1.41. The molecule has 0 radical (unpaired) electrons. The Labute approximate surface area is 105 Å². The van der Waals surface area contributed by atoms with Crippen molar-refractivity contribution < 1.29 is 17.9 Å². The van der Waals surface area contributed by atoms with Crippen LogP contribution in [0.4, 0.5) is 19.1 Å². The van der Waals surface area contributed by atoms with Crippen LogP contribution in [0.5, 0.6) is 5.88 Å². The van der Waals surface area contributed by atoms with Crippen LogP contribution < -0.4 is 10.1 Å². The molecule has 2 rings (SSSR count). The highest BCUT2D eigenvalue weighted by atomic mass is 19.4. The van der Waals surface area contributed by atoms with E-state index in [9.17, 15) is 13.2 Å². The van der Waals surface area contributed by atoms with E-state index in [1.54, 1.807) is 0 Å². The monoisotopic (exact) mass is 274 g/mol. The fourth-order valence-electron chi connectivity index (χ4n) is 1.20. The highest BCUT2D eigenvalue weighted by Gasteiger charge is 2.34. The molecule has 2 aromatic heterocycles. The molecule has 102 valence electrons. The minimum Gasteiger partial charge on any atom is -0.471 e. The third-order valence-corrected chi connectivity index (χ3v) is 2.05. The molecule has 0 amide bonds. The predicted molar refractivity (Wildman–Crippen MR) is 57.3 cm³/mol. The molecular formula is C9H9F3N6O. The van der Waals surface area contributed by atoms with Gasteiger partial charge in [0.2, 0.25) is 11.8 Å². The average Bonchev–Trinajstić information content (AvgIpc) is 2.88. The first-order valence-corrected chi connectivity index (χ1v) is 5.10. The molecule has 19 heavy (non-hydrogen) atoms. The lowest BCUT2D eigenvalue weighted by molar-refractivity contribution is -0.141. The molecule has 2 aromatic rings. The van der Waals surface area contributed by atoms with E-state index >= 15 is 0 Å². The lowest BCUT2D eigenvalue weighted by atomic mass is 10.4. The largest absolute Gasteiger partial charge is 0.471 e. The van der Waals surface area contributed by atoms with Crippen LogP contribution in [0.1, 0.15) is 11.4 Å². The highest BCUT2D eigenvalue weighted by molar-refractivity contribution is 5.31. The number of anilines is 1. The quantitative estimate of drug-likeness (QED) is 0.871. The molecule has 0 aliphatic heterocycles. The van der Waals surface area contributed by atoms with E-state index in [4.69, 9.17) is 4.74 Å². The number of H-pyrrole nitrogens is 1. The van der Waals surface area contributed by atoms with Crippen LogP contribution in [-0.2, 0) is 12.8 Å². The van der Waals surface area contributed by atoms with Gasteiger partial charge in [-0.05, 0) is 0 Å². The first-order valence-electron chi connectivity index (χ1n) is 5.10. The molecule has 7 nitrogen and oxygen atoms in total. The summed E-state index contributed by atoms with van der Waals surface area (Å²) < 4.78 is 42.9. The number of hydrogen-bond acceptors (Lipinski definition) is 6. The summed E-state index contributed by atoms with van der Waals surface area (Å²) >= 11 is 0. The summed E-state index contributed by atoms with van der Waals surface area (Å²) in [6.07, 6.45) is -3.18. The Balaban J connectivity index is 2.19. The number of aromatic amines is 1.